The van der Waals surface area contributed by atoms with Gasteiger partial charge in [0.2, 0.25) is 0 Å². The van der Waals surface area contributed by atoms with Crippen LogP contribution >= 0.6 is 0 Å². The molecule has 0 N–H and O–H groups in total. The maximum atomic E-state index is 12.3. The average molecular weight is 1530 g/mol. The van der Waals surface area contributed by atoms with Crippen molar-refractivity contribution in [1.82, 2.24) is 0 Å². The number of benzene rings is 5. The lowest BCUT2D eigenvalue weighted by Gasteiger charge is -2.29. The van der Waals surface area contributed by atoms with Gasteiger partial charge in [-0.3, -0.25) is 0 Å². The van der Waals surface area contributed by atoms with Crippen LogP contribution in [0.3, 0.4) is 0 Å². The zero-order valence-corrected chi connectivity index (χ0v) is 65.9. The van der Waals surface area contributed by atoms with E-state index in [1.807, 2.05) is 0 Å². The van der Waals surface area contributed by atoms with Gasteiger partial charge >= 0.3 is 30.9 Å². The summed E-state index contributed by atoms with van der Waals surface area (Å²) in [5, 5.41) is 0. The fourth-order valence-electron chi connectivity index (χ4n) is 17.2. The molecule has 10 rings (SSSR count). The number of hydrogen-bond acceptors (Lipinski definition) is 0. The van der Waals surface area contributed by atoms with E-state index < -0.39 is 63.0 Å². The number of alkyl halides is 15. The summed E-state index contributed by atoms with van der Waals surface area (Å²) in [7, 11) is 0. The fraction of sp³-hybridized carbons (Fsp3) is 0.677. The molecule has 0 spiro atoms. The summed E-state index contributed by atoms with van der Waals surface area (Å²) in [5.74, 6) is 4.05. The maximum Gasteiger partial charge on any atom is 0.389 e. The van der Waals surface area contributed by atoms with Crippen LogP contribution < -0.4 is 0 Å². The van der Waals surface area contributed by atoms with Crippen LogP contribution in [0.1, 0.15) is 363 Å². The largest absolute Gasteiger partial charge is 0.389 e. The van der Waals surface area contributed by atoms with Gasteiger partial charge in [0, 0.05) is 32.1 Å². The molecule has 15 heteroatoms. The van der Waals surface area contributed by atoms with Crippen molar-refractivity contribution in [3.63, 3.8) is 0 Å². The van der Waals surface area contributed by atoms with Gasteiger partial charge in [-0.1, -0.05) is 193 Å². The molecule has 108 heavy (non-hydrogen) atoms. The Balaban J connectivity index is 0.000000212. The summed E-state index contributed by atoms with van der Waals surface area (Å²) in [6, 6.07) is 44.1. The third-order valence-electron chi connectivity index (χ3n) is 24.4. The number of aryl methyl sites for hydroxylation is 5. The Hall–Kier alpha value is -4.95. The van der Waals surface area contributed by atoms with E-state index in [9.17, 15) is 65.9 Å². The van der Waals surface area contributed by atoms with Crippen molar-refractivity contribution in [2.45, 2.75) is 371 Å². The molecule has 5 aliphatic rings. The summed E-state index contributed by atoms with van der Waals surface area (Å²) >= 11 is 0. The first-order valence-electron chi connectivity index (χ1n) is 42.1. The molecule has 0 amide bonds. The van der Waals surface area contributed by atoms with E-state index in [0.717, 1.165) is 154 Å². The molecule has 5 aliphatic carbocycles. The van der Waals surface area contributed by atoms with Crippen LogP contribution in [0, 0.1) is 36.5 Å². The Bertz CT molecular complexity index is 3080. The topological polar surface area (TPSA) is 0 Å². The van der Waals surface area contributed by atoms with Crippen LogP contribution in [0.2, 0.25) is 0 Å². The highest BCUT2D eigenvalue weighted by molar-refractivity contribution is 5.30. The van der Waals surface area contributed by atoms with Crippen molar-refractivity contribution in [2.75, 3.05) is 0 Å². The van der Waals surface area contributed by atoms with Crippen molar-refractivity contribution < 1.29 is 65.9 Å². The molecule has 0 nitrogen and oxygen atoms in total. The minimum absolute atomic E-state index is 0.265. The van der Waals surface area contributed by atoms with Gasteiger partial charge in [0.05, 0.1) is 0 Å². The predicted molar refractivity (Wildman–Crippen MR) is 416 cm³/mol. The van der Waals surface area contributed by atoms with E-state index in [2.05, 4.69) is 156 Å². The van der Waals surface area contributed by atoms with Crippen molar-refractivity contribution in [3.8, 4) is 0 Å². The monoisotopic (exact) mass is 1530 g/mol. The van der Waals surface area contributed by atoms with Crippen LogP contribution in [-0.2, 0) is 25.7 Å². The average Bonchev–Trinajstić information content (AvgIpc) is 0.874. The Kier molecular flexibility index (Phi) is 40.5. The molecule has 0 radical (unpaired) electrons. The third-order valence-corrected chi connectivity index (χ3v) is 24.4. The highest BCUT2D eigenvalue weighted by atomic mass is 19.4. The van der Waals surface area contributed by atoms with Crippen LogP contribution in [0.15, 0.2) is 121 Å². The molecule has 0 unspecified atom stereocenters. The van der Waals surface area contributed by atoms with Crippen LogP contribution in [-0.4, -0.2) is 30.9 Å². The number of rotatable bonds is 28. The maximum absolute atomic E-state index is 12.3. The smallest absolute Gasteiger partial charge is 0.171 e. The van der Waals surface area contributed by atoms with E-state index in [-0.39, 0.29) is 29.6 Å². The van der Waals surface area contributed by atoms with Gasteiger partial charge in [-0.2, -0.15) is 65.9 Å². The number of unbranched alkanes of at least 4 members (excludes halogenated alkanes) is 6. The molecule has 5 aromatic rings. The van der Waals surface area contributed by atoms with Crippen LogP contribution in [0.4, 0.5) is 65.9 Å². The van der Waals surface area contributed by atoms with Crippen molar-refractivity contribution in [3.05, 3.63) is 177 Å². The second-order valence-electron chi connectivity index (χ2n) is 33.0. The predicted octanol–water partition coefficient (Wildman–Crippen LogP) is 32.6. The summed E-state index contributed by atoms with van der Waals surface area (Å²) in [5.41, 5.74) is 13.6. The van der Waals surface area contributed by atoms with Crippen molar-refractivity contribution in [1.29, 1.82) is 0 Å². The van der Waals surface area contributed by atoms with Gasteiger partial charge in [-0.05, 0) is 322 Å². The van der Waals surface area contributed by atoms with Gasteiger partial charge in [-0.15, -0.1) is 0 Å². The molecule has 0 atom stereocenters. The van der Waals surface area contributed by atoms with E-state index in [4.69, 9.17) is 0 Å². The zero-order chi connectivity index (χ0) is 78.6. The molecule has 0 aromatic heterocycles. The van der Waals surface area contributed by atoms with Crippen molar-refractivity contribution in [2.24, 2.45) is 29.6 Å². The third kappa shape index (κ3) is 38.5. The van der Waals surface area contributed by atoms with Gasteiger partial charge in [-0.25, -0.2) is 0 Å². The molecule has 0 bridgehead atoms. The molecule has 0 saturated heterocycles. The summed E-state index contributed by atoms with van der Waals surface area (Å²) < 4.78 is 184. The first-order chi connectivity index (χ1) is 51.3. The standard InChI is InChI=1S/C21H31F3.C20H29F3.C19H27F3.C17H23F3.C16H21F3/c1-2-3-4-5-6-17-7-11-19(12-8-17)20-13-9-18(10-14-20)15-16-21(22,23)24;1-2-3-4-5-16-6-10-18(11-7-16)19-12-8-17(9-13-19)14-15-20(21,22)23;1-2-3-4-15-5-9-17(10-6-15)18-11-7-16(8-12-18)13-14-19(20,21)22;1-2-13-3-7-15(8-4-13)16-9-5-14(6-10-16)11-12-17(18,19)20;1-12-2-6-14(7-3-12)15-8-4-13(5-9-15)10-11-16(17,18)19/h7-8,11-12,18,20H,2-6,9-10,13-16H2,1H3;6-7,10-11,17,19H,2-5,8-9,12-15H2,1H3;5-6,9-10,16,18H,2-4,7-8,11-14H2,1H3;3-4,7-8,14,16H,2,5-6,9-12H2,1H3;2-3,6-7,13,15H,4-5,8-11H2,1H3. The second kappa shape index (κ2) is 47.5. The molecular weight excluding hydrogens is 1400 g/mol. The summed E-state index contributed by atoms with van der Waals surface area (Å²) in [4.78, 5) is 0. The molecule has 0 aliphatic heterocycles. The Morgan fingerprint density at radius 1 is 0.231 bits per heavy atom. The number of hydrogen-bond donors (Lipinski definition) is 0. The lowest BCUT2D eigenvalue weighted by molar-refractivity contribution is -0.139. The SMILES string of the molecule is CCCCCCc1ccc(C2CCC(CCC(F)(F)F)CC2)cc1.CCCCCc1ccc(C2CCC(CCC(F)(F)F)CC2)cc1.CCCCc1ccc(C2CCC(CCC(F)(F)F)CC2)cc1.CCc1ccc(C2CCC(CCC(F)(F)F)CC2)cc1.Cc1ccc(C2CCC(CCC(F)(F)F)CC2)cc1. The minimum atomic E-state index is -4.00. The number of halogens is 15. The second-order valence-corrected chi connectivity index (χ2v) is 33.0. The molecule has 5 saturated carbocycles. The molecular formula is C93H131F15. The van der Waals surface area contributed by atoms with Crippen LogP contribution in [0.5, 0.6) is 0 Å². The fourth-order valence-corrected chi connectivity index (χ4v) is 17.2. The minimum Gasteiger partial charge on any atom is -0.171 e. The van der Waals surface area contributed by atoms with E-state index >= 15 is 0 Å². The molecule has 0 heterocycles. The van der Waals surface area contributed by atoms with E-state index in [1.165, 1.54) is 113 Å². The zero-order valence-electron chi connectivity index (χ0n) is 65.9. The van der Waals surface area contributed by atoms with Gasteiger partial charge in [0.25, 0.3) is 0 Å². The molecule has 5 fully saturated rings. The highest BCUT2D eigenvalue weighted by Gasteiger charge is 2.35. The molecule has 608 valence electrons. The normalized spacial score (nSPS) is 22.9. The van der Waals surface area contributed by atoms with Gasteiger partial charge in [0.1, 0.15) is 0 Å². The first-order valence-corrected chi connectivity index (χ1v) is 42.1. The summed E-state index contributed by atoms with van der Waals surface area (Å²) in [6.07, 6.45) is 14.2. The van der Waals surface area contributed by atoms with Crippen molar-refractivity contribution >= 4 is 0 Å². The molecule has 5 aromatic carbocycles. The Labute approximate surface area is 640 Å². The Morgan fingerprint density at radius 3 is 0.639 bits per heavy atom. The highest BCUT2D eigenvalue weighted by Crippen LogP contribution is 2.45. The van der Waals surface area contributed by atoms with Gasteiger partial charge in [0.15, 0.2) is 0 Å². The van der Waals surface area contributed by atoms with E-state index in [1.54, 1.807) is 0 Å². The quantitative estimate of drug-likeness (QED) is 0.0346. The lowest BCUT2D eigenvalue weighted by Crippen LogP contribution is -2.16. The first kappa shape index (κ1) is 91.9. The lowest BCUT2D eigenvalue weighted by atomic mass is 9.77. The summed E-state index contributed by atoms with van der Waals surface area (Å²) in [6.45, 7) is 10.9. The van der Waals surface area contributed by atoms with Crippen LogP contribution in [0.25, 0.3) is 0 Å². The Morgan fingerprint density at radius 2 is 0.426 bits per heavy atom. The van der Waals surface area contributed by atoms with E-state index in [0.29, 0.717) is 61.7 Å². The van der Waals surface area contributed by atoms with Gasteiger partial charge < -0.3 is 0 Å².